The molecule has 6 nitrogen and oxygen atoms in total. The monoisotopic (exact) mass is 365 g/mol. The molecule has 1 atom stereocenters. The molecule has 6 heteroatoms. The molecule has 0 aliphatic carbocycles. The summed E-state index contributed by atoms with van der Waals surface area (Å²) in [4.78, 5) is 13.8. The highest BCUT2D eigenvalue weighted by atomic mass is 16.4. The number of furan rings is 1. The SMILES string of the molecule is Cc1cn[nH]c1C1CCCN(Cc2ccc(-c3ccccc3C(=O)O)o2)C1. The van der Waals surface area contributed by atoms with E-state index >= 15 is 0 Å². The molecular formula is C21H23N3O3. The molecule has 3 heterocycles. The molecule has 140 valence electrons. The number of carboxylic acid groups (broad SMARTS) is 1. The van der Waals surface area contributed by atoms with E-state index in [0.29, 0.717) is 17.2 Å². The molecule has 0 amide bonds. The van der Waals surface area contributed by atoms with Crippen molar-refractivity contribution in [3.63, 3.8) is 0 Å². The molecule has 3 aromatic rings. The molecule has 2 N–H and O–H groups in total. The van der Waals surface area contributed by atoms with Gasteiger partial charge in [0.2, 0.25) is 0 Å². The number of aromatic nitrogens is 2. The van der Waals surface area contributed by atoms with Gasteiger partial charge in [0.25, 0.3) is 0 Å². The van der Waals surface area contributed by atoms with Crippen LogP contribution in [0.2, 0.25) is 0 Å². The van der Waals surface area contributed by atoms with Crippen molar-refractivity contribution in [1.29, 1.82) is 0 Å². The van der Waals surface area contributed by atoms with Crippen LogP contribution in [0.25, 0.3) is 11.3 Å². The van der Waals surface area contributed by atoms with E-state index in [1.165, 1.54) is 11.3 Å². The van der Waals surface area contributed by atoms with Crippen molar-refractivity contribution >= 4 is 5.97 Å². The van der Waals surface area contributed by atoms with Gasteiger partial charge in [0.1, 0.15) is 11.5 Å². The van der Waals surface area contributed by atoms with Gasteiger partial charge in [0.15, 0.2) is 0 Å². The summed E-state index contributed by atoms with van der Waals surface area (Å²) in [7, 11) is 0. The molecular weight excluding hydrogens is 342 g/mol. The molecule has 4 rings (SSSR count). The number of nitrogens with one attached hydrogen (secondary N) is 1. The molecule has 1 saturated heterocycles. The molecule has 1 aliphatic rings. The van der Waals surface area contributed by atoms with Crippen LogP contribution in [-0.2, 0) is 6.54 Å². The molecule has 2 aromatic heterocycles. The third kappa shape index (κ3) is 3.66. The third-order valence-corrected chi connectivity index (χ3v) is 5.25. The second-order valence-electron chi connectivity index (χ2n) is 7.16. The Morgan fingerprint density at radius 1 is 1.33 bits per heavy atom. The smallest absolute Gasteiger partial charge is 0.336 e. The highest BCUT2D eigenvalue weighted by Gasteiger charge is 2.24. The van der Waals surface area contributed by atoms with Crippen LogP contribution < -0.4 is 0 Å². The first kappa shape index (κ1) is 17.5. The van der Waals surface area contributed by atoms with Crippen molar-refractivity contribution in [2.75, 3.05) is 13.1 Å². The maximum Gasteiger partial charge on any atom is 0.336 e. The summed E-state index contributed by atoms with van der Waals surface area (Å²) in [5, 5.41) is 16.7. The lowest BCUT2D eigenvalue weighted by atomic mass is 9.93. The molecule has 0 spiro atoms. The normalized spacial score (nSPS) is 17.9. The van der Waals surface area contributed by atoms with Gasteiger partial charge in [-0.15, -0.1) is 0 Å². The highest BCUT2D eigenvalue weighted by Crippen LogP contribution is 2.30. The zero-order valence-corrected chi connectivity index (χ0v) is 15.3. The minimum Gasteiger partial charge on any atom is -0.478 e. The van der Waals surface area contributed by atoms with Crippen LogP contribution in [0.15, 0.2) is 47.0 Å². The van der Waals surface area contributed by atoms with Gasteiger partial charge in [-0.1, -0.05) is 18.2 Å². The number of aromatic amines is 1. The molecule has 0 saturated carbocycles. The molecule has 1 unspecified atom stereocenters. The lowest BCUT2D eigenvalue weighted by Gasteiger charge is -2.31. The number of carboxylic acids is 1. The van der Waals surface area contributed by atoms with Crippen molar-refractivity contribution in [3.05, 3.63) is 65.2 Å². The van der Waals surface area contributed by atoms with Crippen molar-refractivity contribution in [2.45, 2.75) is 32.2 Å². The van der Waals surface area contributed by atoms with Gasteiger partial charge in [-0.05, 0) is 50.1 Å². The fourth-order valence-electron chi connectivity index (χ4n) is 3.92. The standard InChI is InChI=1S/C21H23N3O3/c1-14-11-22-23-20(14)15-5-4-10-24(12-15)13-16-8-9-19(27-16)17-6-2-3-7-18(17)21(25)26/h2-3,6-9,11,15H,4-5,10,12-13H2,1H3,(H,22,23)(H,25,26). The number of carbonyl (C=O) groups is 1. The Morgan fingerprint density at radius 3 is 2.96 bits per heavy atom. The topological polar surface area (TPSA) is 82.4 Å². The number of piperidine rings is 1. The van der Waals surface area contributed by atoms with E-state index in [9.17, 15) is 9.90 Å². The van der Waals surface area contributed by atoms with Gasteiger partial charge < -0.3 is 9.52 Å². The first-order valence-corrected chi connectivity index (χ1v) is 9.25. The van der Waals surface area contributed by atoms with E-state index in [0.717, 1.165) is 38.2 Å². The summed E-state index contributed by atoms with van der Waals surface area (Å²) < 4.78 is 5.99. The predicted molar refractivity (Wildman–Crippen MR) is 102 cm³/mol. The maximum atomic E-state index is 11.4. The van der Waals surface area contributed by atoms with Gasteiger partial charge in [0.05, 0.1) is 18.3 Å². The Bertz CT molecular complexity index is 944. The number of H-pyrrole nitrogens is 1. The second-order valence-corrected chi connectivity index (χ2v) is 7.16. The van der Waals surface area contributed by atoms with Crippen LogP contribution in [-0.4, -0.2) is 39.3 Å². The first-order valence-electron chi connectivity index (χ1n) is 9.25. The Balaban J connectivity index is 1.48. The highest BCUT2D eigenvalue weighted by molar-refractivity contribution is 5.95. The minimum absolute atomic E-state index is 0.256. The largest absolute Gasteiger partial charge is 0.478 e. The Labute approximate surface area is 157 Å². The number of aromatic carboxylic acids is 1. The van der Waals surface area contributed by atoms with Gasteiger partial charge in [-0.25, -0.2) is 4.79 Å². The van der Waals surface area contributed by atoms with Crippen molar-refractivity contribution in [2.24, 2.45) is 0 Å². The van der Waals surface area contributed by atoms with Crippen molar-refractivity contribution in [1.82, 2.24) is 15.1 Å². The summed E-state index contributed by atoms with van der Waals surface area (Å²) in [5.41, 5.74) is 3.31. The molecule has 0 bridgehead atoms. The van der Waals surface area contributed by atoms with Crippen LogP contribution in [0, 0.1) is 6.92 Å². The quantitative estimate of drug-likeness (QED) is 0.713. The van der Waals surface area contributed by atoms with Crippen molar-refractivity contribution < 1.29 is 14.3 Å². The lowest BCUT2D eigenvalue weighted by Crippen LogP contribution is -2.34. The van der Waals surface area contributed by atoms with Gasteiger partial charge in [0, 0.05) is 23.7 Å². The predicted octanol–water partition coefficient (Wildman–Crippen LogP) is 4.06. The van der Waals surface area contributed by atoms with E-state index in [4.69, 9.17) is 4.42 Å². The number of benzene rings is 1. The van der Waals surface area contributed by atoms with Gasteiger partial charge in [-0.2, -0.15) is 5.10 Å². The Morgan fingerprint density at radius 2 is 2.19 bits per heavy atom. The number of likely N-dealkylation sites (tertiary alicyclic amines) is 1. The fourth-order valence-corrected chi connectivity index (χ4v) is 3.92. The summed E-state index contributed by atoms with van der Waals surface area (Å²) in [6, 6.07) is 10.7. The van der Waals surface area contributed by atoms with E-state index < -0.39 is 5.97 Å². The van der Waals surface area contributed by atoms with Crippen LogP contribution >= 0.6 is 0 Å². The van der Waals surface area contributed by atoms with E-state index in [-0.39, 0.29) is 5.56 Å². The number of nitrogens with zero attached hydrogens (tertiary/aromatic N) is 2. The van der Waals surface area contributed by atoms with Gasteiger partial charge in [-0.3, -0.25) is 10.00 Å². The maximum absolute atomic E-state index is 11.4. The zero-order valence-electron chi connectivity index (χ0n) is 15.3. The third-order valence-electron chi connectivity index (χ3n) is 5.25. The zero-order chi connectivity index (χ0) is 18.8. The molecule has 0 radical (unpaired) electrons. The molecule has 27 heavy (non-hydrogen) atoms. The number of hydrogen-bond donors (Lipinski definition) is 2. The fraction of sp³-hybridized carbons (Fsp3) is 0.333. The summed E-state index contributed by atoms with van der Waals surface area (Å²) in [6.07, 6.45) is 4.18. The molecule has 1 fully saturated rings. The Kier molecular flexibility index (Phi) is 4.81. The number of rotatable bonds is 5. The van der Waals surface area contributed by atoms with E-state index in [2.05, 4.69) is 22.0 Å². The van der Waals surface area contributed by atoms with Crippen molar-refractivity contribution in [3.8, 4) is 11.3 Å². The number of aryl methyl sites for hydroxylation is 1. The molecule has 1 aromatic carbocycles. The number of hydrogen-bond acceptors (Lipinski definition) is 4. The minimum atomic E-state index is -0.947. The van der Waals surface area contributed by atoms with E-state index in [1.807, 2.05) is 24.4 Å². The lowest BCUT2D eigenvalue weighted by molar-refractivity contribution is 0.0697. The molecule has 1 aliphatic heterocycles. The van der Waals surface area contributed by atoms with Crippen LogP contribution in [0.5, 0.6) is 0 Å². The average molecular weight is 365 g/mol. The Hall–Kier alpha value is -2.86. The first-order chi connectivity index (χ1) is 13.1. The summed E-state index contributed by atoms with van der Waals surface area (Å²) in [5.74, 6) is 0.967. The van der Waals surface area contributed by atoms with Gasteiger partial charge >= 0.3 is 5.97 Å². The summed E-state index contributed by atoms with van der Waals surface area (Å²) >= 11 is 0. The summed E-state index contributed by atoms with van der Waals surface area (Å²) in [6.45, 7) is 4.81. The van der Waals surface area contributed by atoms with Crippen LogP contribution in [0.4, 0.5) is 0 Å². The van der Waals surface area contributed by atoms with E-state index in [1.54, 1.807) is 18.2 Å². The second kappa shape index (κ2) is 7.40. The average Bonchev–Trinajstić information content (AvgIpc) is 3.31. The van der Waals surface area contributed by atoms with Crippen LogP contribution in [0.1, 0.15) is 46.1 Å². The van der Waals surface area contributed by atoms with Crippen LogP contribution in [0.3, 0.4) is 0 Å².